The number of thiophene rings is 1. The molecule has 1 aliphatic carbocycles. The Morgan fingerprint density at radius 1 is 0.622 bits per heavy atom. The molecule has 3 aromatic heterocycles. The van der Waals surface area contributed by atoms with Crippen LogP contribution in [0.4, 0.5) is 0 Å². The molecule has 0 atom stereocenters. The van der Waals surface area contributed by atoms with Crippen LogP contribution in [-0.2, 0) is 5.41 Å². The molecule has 4 heteroatoms. The van der Waals surface area contributed by atoms with Crippen molar-refractivity contribution in [3.63, 3.8) is 0 Å². The zero-order valence-corrected chi connectivity index (χ0v) is 25.7. The molecule has 1 aliphatic rings. The van der Waals surface area contributed by atoms with Crippen molar-refractivity contribution < 1.29 is 0 Å². The van der Waals surface area contributed by atoms with E-state index in [1.165, 1.54) is 58.7 Å². The molecule has 0 bridgehead atoms. The summed E-state index contributed by atoms with van der Waals surface area (Å²) in [6.07, 6.45) is 0. The van der Waals surface area contributed by atoms with Crippen molar-refractivity contribution in [1.82, 2.24) is 14.5 Å². The smallest absolute Gasteiger partial charge is 0.235 e. The van der Waals surface area contributed by atoms with Crippen LogP contribution >= 0.6 is 11.3 Å². The van der Waals surface area contributed by atoms with Gasteiger partial charge in [0.2, 0.25) is 5.95 Å². The van der Waals surface area contributed by atoms with Crippen LogP contribution in [0.25, 0.3) is 81.2 Å². The fourth-order valence-corrected chi connectivity index (χ4v) is 9.14. The zero-order valence-electron chi connectivity index (χ0n) is 24.9. The highest BCUT2D eigenvalue weighted by atomic mass is 32.1. The number of fused-ring (bicyclic) bond motifs is 13. The Morgan fingerprint density at radius 3 is 2.18 bits per heavy atom. The molecular weight excluding hydrogens is 567 g/mol. The molecule has 0 fully saturated rings. The second-order valence-electron chi connectivity index (χ2n) is 12.6. The van der Waals surface area contributed by atoms with Gasteiger partial charge in [-0.15, -0.1) is 11.3 Å². The Balaban J connectivity index is 1.47. The summed E-state index contributed by atoms with van der Waals surface area (Å²) in [7, 11) is 0. The maximum absolute atomic E-state index is 5.41. The first-order valence-electron chi connectivity index (χ1n) is 15.4. The van der Waals surface area contributed by atoms with Crippen LogP contribution in [0.5, 0.6) is 0 Å². The van der Waals surface area contributed by atoms with Gasteiger partial charge >= 0.3 is 0 Å². The van der Waals surface area contributed by atoms with E-state index in [9.17, 15) is 0 Å². The minimum atomic E-state index is -0.230. The number of hydrogen-bond donors (Lipinski definition) is 0. The Hall–Kier alpha value is -5.32. The summed E-state index contributed by atoms with van der Waals surface area (Å²) >= 11 is 1.90. The van der Waals surface area contributed by atoms with Crippen molar-refractivity contribution in [1.29, 1.82) is 0 Å². The van der Waals surface area contributed by atoms with Crippen LogP contribution in [0.1, 0.15) is 25.0 Å². The van der Waals surface area contributed by atoms with Gasteiger partial charge in [0.25, 0.3) is 0 Å². The highest BCUT2D eigenvalue weighted by molar-refractivity contribution is 7.27. The molecule has 3 nitrogen and oxygen atoms in total. The number of nitrogens with zero attached hydrogens (tertiary/aromatic N) is 3. The lowest BCUT2D eigenvalue weighted by atomic mass is 9.81. The molecule has 0 aliphatic heterocycles. The Bertz CT molecular complexity index is 2680. The van der Waals surface area contributed by atoms with Gasteiger partial charge in [0.15, 0.2) is 0 Å². The minimum Gasteiger partial charge on any atom is -0.277 e. The predicted octanol–water partition coefficient (Wildman–Crippen LogP) is 11.1. The van der Waals surface area contributed by atoms with E-state index >= 15 is 0 Å². The van der Waals surface area contributed by atoms with Crippen LogP contribution in [0.15, 0.2) is 127 Å². The van der Waals surface area contributed by atoms with Crippen molar-refractivity contribution in [2.75, 3.05) is 0 Å². The Labute approximate surface area is 264 Å². The van der Waals surface area contributed by atoms with Crippen LogP contribution in [0.2, 0.25) is 0 Å². The van der Waals surface area contributed by atoms with Crippen LogP contribution in [-0.4, -0.2) is 14.5 Å². The number of para-hydroxylation sites is 2. The van der Waals surface area contributed by atoms with E-state index in [1.807, 2.05) is 11.3 Å². The molecule has 6 aromatic carbocycles. The number of rotatable bonds is 2. The maximum atomic E-state index is 5.41. The van der Waals surface area contributed by atoms with Crippen molar-refractivity contribution in [3.05, 3.63) is 139 Å². The van der Waals surface area contributed by atoms with Gasteiger partial charge in [-0.3, -0.25) is 4.57 Å². The third-order valence-electron chi connectivity index (χ3n) is 9.77. The van der Waals surface area contributed by atoms with Gasteiger partial charge in [-0.1, -0.05) is 123 Å². The largest absolute Gasteiger partial charge is 0.277 e. The highest BCUT2D eigenvalue weighted by Crippen LogP contribution is 2.58. The fourth-order valence-electron chi connectivity index (χ4n) is 7.87. The monoisotopic (exact) mass is 593 g/mol. The summed E-state index contributed by atoms with van der Waals surface area (Å²) in [5.74, 6) is 0.702. The second kappa shape index (κ2) is 8.87. The molecule has 0 saturated carbocycles. The van der Waals surface area contributed by atoms with Gasteiger partial charge in [-0.2, -0.15) is 0 Å². The highest BCUT2D eigenvalue weighted by Gasteiger charge is 2.41. The quantitative estimate of drug-likeness (QED) is 0.200. The fraction of sp³-hybridized carbons (Fsp3) is 0.0732. The molecule has 212 valence electrons. The first-order chi connectivity index (χ1) is 22.1. The predicted molar refractivity (Wildman–Crippen MR) is 190 cm³/mol. The summed E-state index contributed by atoms with van der Waals surface area (Å²) in [6.45, 7) is 4.77. The normalized spacial score (nSPS) is 13.7. The maximum Gasteiger partial charge on any atom is 0.235 e. The molecule has 10 rings (SSSR count). The summed E-state index contributed by atoms with van der Waals surface area (Å²) < 4.78 is 5.01. The summed E-state index contributed by atoms with van der Waals surface area (Å²) in [5, 5.41) is 6.27. The lowest BCUT2D eigenvalue weighted by molar-refractivity contribution is 0.664. The first-order valence-corrected chi connectivity index (χ1v) is 16.3. The Morgan fingerprint density at radius 2 is 1.31 bits per heavy atom. The van der Waals surface area contributed by atoms with Gasteiger partial charge in [0, 0.05) is 47.3 Å². The number of aromatic nitrogens is 3. The molecule has 0 spiro atoms. The minimum absolute atomic E-state index is 0.230. The van der Waals surface area contributed by atoms with Crippen molar-refractivity contribution in [2.45, 2.75) is 19.3 Å². The third-order valence-corrected chi connectivity index (χ3v) is 11.0. The van der Waals surface area contributed by atoms with E-state index in [0.717, 1.165) is 27.7 Å². The summed E-state index contributed by atoms with van der Waals surface area (Å²) in [5.41, 5.74) is 10.5. The van der Waals surface area contributed by atoms with Crippen molar-refractivity contribution >= 4 is 64.2 Å². The topological polar surface area (TPSA) is 30.7 Å². The first kappa shape index (κ1) is 25.1. The average Bonchev–Trinajstić information content (AvgIpc) is 3.70. The van der Waals surface area contributed by atoms with Crippen molar-refractivity contribution in [3.8, 4) is 28.3 Å². The molecule has 3 heterocycles. The lowest BCUT2D eigenvalue weighted by Crippen LogP contribution is -2.17. The van der Waals surface area contributed by atoms with Gasteiger partial charge in [-0.05, 0) is 40.5 Å². The van der Waals surface area contributed by atoms with Crippen LogP contribution in [0.3, 0.4) is 0 Å². The summed E-state index contributed by atoms with van der Waals surface area (Å²) in [4.78, 5) is 10.7. The molecule has 0 amide bonds. The van der Waals surface area contributed by atoms with Gasteiger partial charge in [-0.25, -0.2) is 9.97 Å². The van der Waals surface area contributed by atoms with Gasteiger partial charge < -0.3 is 0 Å². The van der Waals surface area contributed by atoms with E-state index in [-0.39, 0.29) is 5.41 Å². The zero-order chi connectivity index (χ0) is 29.9. The molecule has 0 radical (unpaired) electrons. The van der Waals surface area contributed by atoms with E-state index in [1.54, 1.807) is 0 Å². The van der Waals surface area contributed by atoms with Crippen LogP contribution in [0, 0.1) is 0 Å². The standard InChI is InChI=1S/C41H27N3S/c1-41(2)29-20-10-6-16-25(29)33-34-28-19-9-13-23-32(28)45-39(34)35-27-18-8-12-22-31(27)44(38(35)36(33)41)40-42-30-21-11-7-17-26(30)37(43-40)24-14-4-3-5-15-24/h3-23H,1-2H3. The molecule has 0 saturated heterocycles. The average molecular weight is 594 g/mol. The number of benzene rings is 6. The molecule has 0 unspecified atom stereocenters. The Kier molecular flexibility index (Phi) is 4.94. The van der Waals surface area contributed by atoms with Crippen LogP contribution < -0.4 is 0 Å². The molecular formula is C41H27N3S. The summed E-state index contributed by atoms with van der Waals surface area (Å²) in [6, 6.07) is 45.6. The lowest BCUT2D eigenvalue weighted by Gasteiger charge is -2.24. The van der Waals surface area contributed by atoms with E-state index in [0.29, 0.717) is 5.95 Å². The number of hydrogen-bond acceptors (Lipinski definition) is 3. The van der Waals surface area contributed by atoms with E-state index < -0.39 is 0 Å². The van der Waals surface area contributed by atoms with Crippen molar-refractivity contribution in [2.24, 2.45) is 0 Å². The van der Waals surface area contributed by atoms with Gasteiger partial charge in [0.05, 0.1) is 22.2 Å². The third kappa shape index (κ3) is 3.24. The SMILES string of the molecule is CC1(C)c2ccccc2-c2c1c1c(c3ccccc3n1-c1nc(-c3ccccc3)c3ccccc3n1)c1sc3ccccc3c21. The van der Waals surface area contributed by atoms with Gasteiger partial charge in [0.1, 0.15) is 0 Å². The molecule has 0 N–H and O–H groups in total. The molecule has 45 heavy (non-hydrogen) atoms. The van der Waals surface area contributed by atoms with E-state index in [2.05, 4.69) is 146 Å². The molecule has 9 aromatic rings. The second-order valence-corrected chi connectivity index (χ2v) is 13.6. The van der Waals surface area contributed by atoms with E-state index in [4.69, 9.17) is 9.97 Å².